The minimum atomic E-state index is -0.642. The highest BCUT2D eigenvalue weighted by Crippen LogP contribution is 2.77. The summed E-state index contributed by atoms with van der Waals surface area (Å²) in [7, 11) is 0. The fourth-order valence-electron chi connectivity index (χ4n) is 12.4. The predicted molar refractivity (Wildman–Crippen MR) is 143 cm³/mol. The van der Waals surface area contributed by atoms with Crippen molar-refractivity contribution in [3.05, 3.63) is 12.2 Å². The van der Waals surface area contributed by atoms with Gasteiger partial charge in [-0.3, -0.25) is 4.79 Å². The summed E-state index contributed by atoms with van der Waals surface area (Å²) in [4.78, 5) is 12.8. The van der Waals surface area contributed by atoms with Crippen LogP contribution in [-0.4, -0.2) is 33.5 Å². The Labute approximate surface area is 219 Å². The molecular weight excluding hydrogens is 448 g/mol. The molecule has 5 rings (SSSR count). The smallest absolute Gasteiger partial charge is 0.309 e. The van der Waals surface area contributed by atoms with E-state index in [4.69, 9.17) is 0 Å². The van der Waals surface area contributed by atoms with Crippen LogP contribution in [0.1, 0.15) is 106 Å². The van der Waals surface area contributed by atoms with Gasteiger partial charge in [-0.25, -0.2) is 0 Å². The number of carboxylic acids is 1. The van der Waals surface area contributed by atoms with E-state index in [0.717, 1.165) is 57.8 Å². The third-order valence-electron chi connectivity index (χ3n) is 13.7. The number of aliphatic carboxylic acids is 1. The summed E-state index contributed by atoms with van der Waals surface area (Å²) in [5, 5.41) is 32.8. The van der Waals surface area contributed by atoms with Crippen molar-refractivity contribution in [2.45, 2.75) is 118 Å². The van der Waals surface area contributed by atoms with Crippen LogP contribution in [0.3, 0.4) is 0 Å². The van der Waals surface area contributed by atoms with Crippen molar-refractivity contribution in [3.63, 3.8) is 0 Å². The zero-order chi connectivity index (χ0) is 26.4. The monoisotopic (exact) mass is 500 g/mol. The molecule has 5 aliphatic rings. The fraction of sp³-hybridized carbons (Fsp3) is 0.906. The highest BCUT2D eigenvalue weighted by molar-refractivity contribution is 5.76. The van der Waals surface area contributed by atoms with Gasteiger partial charge in [-0.1, -0.05) is 53.2 Å². The van der Waals surface area contributed by atoms with Crippen LogP contribution in [0.2, 0.25) is 0 Å². The van der Waals surface area contributed by atoms with Crippen LogP contribution in [0.15, 0.2) is 12.2 Å². The van der Waals surface area contributed by atoms with Crippen molar-refractivity contribution in [1.29, 1.82) is 0 Å². The molecule has 0 aromatic carbocycles. The number of rotatable bonds is 4. The van der Waals surface area contributed by atoms with Crippen molar-refractivity contribution < 1.29 is 20.1 Å². The Balaban J connectivity index is 1.58. The molecule has 0 aliphatic heterocycles. The molecule has 0 spiro atoms. The van der Waals surface area contributed by atoms with Crippen molar-refractivity contribution in [3.8, 4) is 0 Å². The van der Waals surface area contributed by atoms with Gasteiger partial charge in [-0.05, 0) is 122 Å². The highest BCUT2D eigenvalue weighted by Gasteiger charge is 2.72. The van der Waals surface area contributed by atoms with E-state index in [-0.39, 0.29) is 28.1 Å². The first-order valence-corrected chi connectivity index (χ1v) is 15.0. The van der Waals surface area contributed by atoms with Crippen LogP contribution < -0.4 is 0 Å². The van der Waals surface area contributed by atoms with E-state index in [0.29, 0.717) is 36.0 Å². The molecule has 0 saturated heterocycles. The maximum atomic E-state index is 12.8. The molecule has 4 heteroatoms. The number of allylic oxidation sites excluding steroid dienone is 1. The van der Waals surface area contributed by atoms with Gasteiger partial charge in [0, 0.05) is 0 Å². The van der Waals surface area contributed by atoms with E-state index >= 15 is 0 Å². The van der Waals surface area contributed by atoms with Gasteiger partial charge >= 0.3 is 5.97 Å². The second-order valence-corrected chi connectivity index (χ2v) is 15.0. The number of carboxylic acid groups (broad SMARTS) is 1. The molecule has 0 aromatic heterocycles. The average molecular weight is 501 g/mol. The molecule has 4 unspecified atom stereocenters. The number of hydrogen-bond acceptors (Lipinski definition) is 3. The normalized spacial score (nSPS) is 56.2. The summed E-state index contributed by atoms with van der Waals surface area (Å²) in [5.74, 6) is 1.93. The van der Waals surface area contributed by atoms with Gasteiger partial charge in [0.1, 0.15) is 0 Å². The molecule has 0 bridgehead atoms. The quantitative estimate of drug-likeness (QED) is 0.376. The Morgan fingerprint density at radius 3 is 2.28 bits per heavy atom. The summed E-state index contributed by atoms with van der Waals surface area (Å²) in [6.07, 6.45) is 8.38. The second kappa shape index (κ2) is 8.57. The first-order valence-electron chi connectivity index (χ1n) is 15.0. The van der Waals surface area contributed by atoms with Gasteiger partial charge in [0.25, 0.3) is 0 Å². The molecule has 36 heavy (non-hydrogen) atoms. The average Bonchev–Trinajstić information content (AvgIpc) is 3.19. The molecule has 0 aromatic rings. The Morgan fingerprint density at radius 2 is 1.67 bits per heavy atom. The first-order chi connectivity index (χ1) is 16.8. The topological polar surface area (TPSA) is 77.8 Å². The lowest BCUT2D eigenvalue weighted by molar-refractivity contribution is -0.263. The molecule has 0 heterocycles. The van der Waals surface area contributed by atoms with Crippen LogP contribution in [-0.2, 0) is 4.79 Å². The molecule has 4 nitrogen and oxygen atoms in total. The van der Waals surface area contributed by atoms with E-state index in [1.54, 1.807) is 0 Å². The largest absolute Gasteiger partial charge is 0.481 e. The van der Waals surface area contributed by atoms with Gasteiger partial charge in [0.05, 0.1) is 17.6 Å². The van der Waals surface area contributed by atoms with Gasteiger partial charge in [0.2, 0.25) is 0 Å². The van der Waals surface area contributed by atoms with E-state index < -0.39 is 23.6 Å². The zero-order valence-electron chi connectivity index (χ0n) is 23.7. The Kier molecular flexibility index (Phi) is 6.36. The molecule has 0 amide bonds. The van der Waals surface area contributed by atoms with E-state index in [9.17, 15) is 20.1 Å². The van der Waals surface area contributed by atoms with Gasteiger partial charge in [0.15, 0.2) is 0 Å². The van der Waals surface area contributed by atoms with Crippen LogP contribution in [0.25, 0.3) is 0 Å². The van der Waals surface area contributed by atoms with Crippen LogP contribution in [0.4, 0.5) is 0 Å². The highest BCUT2D eigenvalue weighted by atomic mass is 16.4. The SMILES string of the molecule is C=C(C)[C@@H]1CC[C@]2(C(=O)O)CC[C@]3(C)C(CCC4[C@@]5(C)C[C@@H](O)[C@H](O)[C@H](CCC)C5[C@H](C)C[C@]43C)C12. The molecule has 13 atom stereocenters. The number of aliphatic hydroxyl groups is 2. The third-order valence-corrected chi connectivity index (χ3v) is 13.7. The Morgan fingerprint density at radius 1 is 0.972 bits per heavy atom. The van der Waals surface area contributed by atoms with Crippen molar-refractivity contribution in [2.75, 3.05) is 0 Å². The third kappa shape index (κ3) is 3.22. The molecule has 5 aliphatic carbocycles. The zero-order valence-corrected chi connectivity index (χ0v) is 23.7. The molecule has 5 saturated carbocycles. The standard InChI is InChI=1S/C32H52O4/c1-8-9-21-25-19(4)16-31(7)24(29(25,5)17-23(33)27(21)34)11-10-22-26-20(18(2)3)12-13-32(26,28(35)36)15-14-30(22,31)6/h19-27,33-34H,2,8-17H2,1,3-7H3,(H,35,36)/t19-,20+,21-,22?,23-,24?,25?,26?,27-,29-,30-,31-,32+/m1/s1. The first kappa shape index (κ1) is 26.7. The molecule has 0 radical (unpaired) electrons. The number of carbonyl (C=O) groups is 1. The predicted octanol–water partition coefficient (Wildman–Crippen LogP) is 6.70. The van der Waals surface area contributed by atoms with Gasteiger partial charge in [-0.2, -0.15) is 0 Å². The number of hydrogen-bond donors (Lipinski definition) is 3. The Bertz CT molecular complexity index is 914. The minimum Gasteiger partial charge on any atom is -0.481 e. The maximum Gasteiger partial charge on any atom is 0.309 e. The van der Waals surface area contributed by atoms with Crippen molar-refractivity contribution >= 4 is 5.97 Å². The fourth-order valence-corrected chi connectivity index (χ4v) is 12.4. The lowest BCUT2D eigenvalue weighted by Crippen LogP contribution is -2.68. The van der Waals surface area contributed by atoms with Crippen LogP contribution >= 0.6 is 0 Å². The minimum absolute atomic E-state index is 0.00362. The lowest BCUT2D eigenvalue weighted by atomic mass is 9.31. The van der Waals surface area contributed by atoms with Gasteiger partial charge in [-0.15, -0.1) is 0 Å². The summed E-state index contributed by atoms with van der Waals surface area (Å²) in [6, 6.07) is 0. The maximum absolute atomic E-state index is 12.8. The van der Waals surface area contributed by atoms with Gasteiger partial charge < -0.3 is 15.3 Å². The molecule has 5 fully saturated rings. The van der Waals surface area contributed by atoms with E-state index in [1.165, 1.54) is 5.57 Å². The summed E-state index contributed by atoms with van der Waals surface area (Å²) < 4.78 is 0. The lowest BCUT2D eigenvalue weighted by Gasteiger charge is -2.73. The molecule has 3 N–H and O–H groups in total. The second-order valence-electron chi connectivity index (χ2n) is 15.0. The molecular formula is C32H52O4. The van der Waals surface area contributed by atoms with E-state index in [1.807, 2.05) is 0 Å². The van der Waals surface area contributed by atoms with Crippen molar-refractivity contribution in [1.82, 2.24) is 0 Å². The van der Waals surface area contributed by atoms with E-state index in [2.05, 4.69) is 48.1 Å². The Hall–Kier alpha value is -0.870. The summed E-state index contributed by atoms with van der Waals surface area (Å²) in [6.45, 7) is 18.6. The van der Waals surface area contributed by atoms with Crippen LogP contribution in [0, 0.1) is 63.1 Å². The van der Waals surface area contributed by atoms with Crippen molar-refractivity contribution in [2.24, 2.45) is 63.1 Å². The van der Waals surface area contributed by atoms with Crippen LogP contribution in [0.5, 0.6) is 0 Å². The summed E-state index contributed by atoms with van der Waals surface area (Å²) >= 11 is 0. The molecule has 204 valence electrons. The number of aliphatic hydroxyl groups excluding tert-OH is 2. The number of fused-ring (bicyclic) bond motifs is 7. The summed E-state index contributed by atoms with van der Waals surface area (Å²) in [5.41, 5.74) is 0.786.